The van der Waals surface area contributed by atoms with Crippen molar-refractivity contribution in [2.45, 2.75) is 68.6 Å². The van der Waals surface area contributed by atoms with Crippen molar-refractivity contribution in [3.05, 3.63) is 58.7 Å². The summed E-state index contributed by atoms with van der Waals surface area (Å²) in [6, 6.07) is 10.6. The molecular weight excluding hydrogens is 412 g/mol. The van der Waals surface area contributed by atoms with E-state index in [-0.39, 0.29) is 16.8 Å². The minimum atomic E-state index is -3.86. The van der Waals surface area contributed by atoms with Crippen LogP contribution in [0.2, 0.25) is 0 Å². The third-order valence-corrected chi connectivity index (χ3v) is 9.22. The van der Waals surface area contributed by atoms with Gasteiger partial charge in [-0.15, -0.1) is 0 Å². The molecule has 1 aliphatic heterocycles. The van der Waals surface area contributed by atoms with Gasteiger partial charge in [0.1, 0.15) is 0 Å². The molecule has 2 aromatic carbocycles. The predicted octanol–water partition coefficient (Wildman–Crippen LogP) is 3.76. The maximum atomic E-state index is 13.8. The van der Waals surface area contributed by atoms with Gasteiger partial charge in [-0.2, -0.15) is 0 Å². The molecule has 1 saturated carbocycles. The summed E-state index contributed by atoms with van der Waals surface area (Å²) < 4.78 is 26.1. The number of benzene rings is 2. The van der Waals surface area contributed by atoms with Crippen LogP contribution in [0.3, 0.4) is 0 Å². The summed E-state index contributed by atoms with van der Waals surface area (Å²) in [7, 11) is -3.86. The van der Waals surface area contributed by atoms with Gasteiger partial charge in [0.25, 0.3) is 0 Å². The first-order valence-corrected chi connectivity index (χ1v) is 12.2. The van der Waals surface area contributed by atoms with E-state index >= 15 is 0 Å². The molecule has 1 atom stereocenters. The fourth-order valence-electron chi connectivity index (χ4n) is 4.70. The standard InChI is InChI=1S/C24H28N2O4S/c1-15-6-7-16(2)21(12-15)31(29,30)24(10-4-5-11-24)23(28)25-17(3)18-8-9-20-19(13-18)14-22(27)26-20/h6-9,12-13,17H,4-5,10-11,14H2,1-3H3,(H,25,28)(H,26,27). The number of carbonyl (C=O) groups is 2. The monoisotopic (exact) mass is 440 g/mol. The average molecular weight is 441 g/mol. The van der Waals surface area contributed by atoms with Gasteiger partial charge in [0.15, 0.2) is 14.6 Å². The van der Waals surface area contributed by atoms with Crippen LogP contribution in [0.15, 0.2) is 41.3 Å². The Morgan fingerprint density at radius 1 is 1.10 bits per heavy atom. The van der Waals surface area contributed by atoms with Crippen LogP contribution in [-0.4, -0.2) is 25.0 Å². The smallest absolute Gasteiger partial charge is 0.242 e. The number of rotatable bonds is 5. The number of anilines is 1. The molecule has 1 fully saturated rings. The van der Waals surface area contributed by atoms with Crippen LogP contribution in [0, 0.1) is 13.8 Å². The fraction of sp³-hybridized carbons (Fsp3) is 0.417. The van der Waals surface area contributed by atoms with Crippen LogP contribution < -0.4 is 10.6 Å². The Labute approximate surface area is 183 Å². The molecule has 2 amide bonds. The molecule has 2 N–H and O–H groups in total. The second-order valence-electron chi connectivity index (χ2n) is 8.81. The Balaban J connectivity index is 1.64. The van der Waals surface area contributed by atoms with E-state index in [9.17, 15) is 18.0 Å². The molecule has 31 heavy (non-hydrogen) atoms. The van der Waals surface area contributed by atoms with Crippen LogP contribution in [0.5, 0.6) is 0 Å². The van der Waals surface area contributed by atoms with Crippen molar-refractivity contribution in [1.82, 2.24) is 5.32 Å². The molecule has 7 heteroatoms. The minimum absolute atomic E-state index is 0.0478. The van der Waals surface area contributed by atoms with E-state index in [1.807, 2.05) is 38.1 Å². The second kappa shape index (κ2) is 7.79. The Bertz CT molecular complexity index is 1160. The van der Waals surface area contributed by atoms with E-state index in [0.29, 0.717) is 37.7 Å². The molecule has 1 heterocycles. The zero-order valence-corrected chi connectivity index (χ0v) is 18.9. The van der Waals surface area contributed by atoms with Crippen molar-refractivity contribution < 1.29 is 18.0 Å². The molecule has 6 nitrogen and oxygen atoms in total. The lowest BCUT2D eigenvalue weighted by Gasteiger charge is -2.30. The van der Waals surface area contributed by atoms with Gasteiger partial charge < -0.3 is 10.6 Å². The molecule has 0 spiro atoms. The zero-order chi connectivity index (χ0) is 22.4. The van der Waals surface area contributed by atoms with E-state index in [0.717, 1.165) is 22.4 Å². The van der Waals surface area contributed by atoms with E-state index < -0.39 is 20.5 Å². The molecule has 164 valence electrons. The van der Waals surface area contributed by atoms with Crippen molar-refractivity contribution in [1.29, 1.82) is 0 Å². The van der Waals surface area contributed by atoms with Crippen LogP contribution in [0.25, 0.3) is 0 Å². The Morgan fingerprint density at radius 3 is 2.52 bits per heavy atom. The van der Waals surface area contributed by atoms with Gasteiger partial charge in [-0.25, -0.2) is 8.42 Å². The molecule has 2 aliphatic rings. The van der Waals surface area contributed by atoms with Gasteiger partial charge in [0.05, 0.1) is 17.4 Å². The highest BCUT2D eigenvalue weighted by atomic mass is 32.2. The third-order valence-electron chi connectivity index (χ3n) is 6.57. The largest absolute Gasteiger partial charge is 0.348 e. The minimum Gasteiger partial charge on any atom is -0.348 e. The van der Waals surface area contributed by atoms with E-state index in [4.69, 9.17) is 0 Å². The lowest BCUT2D eigenvalue weighted by atomic mass is 10.0. The summed E-state index contributed by atoms with van der Waals surface area (Å²) in [6.07, 6.45) is 2.37. The zero-order valence-electron chi connectivity index (χ0n) is 18.1. The van der Waals surface area contributed by atoms with Gasteiger partial charge in [0, 0.05) is 5.69 Å². The first-order valence-electron chi connectivity index (χ1n) is 10.7. The number of fused-ring (bicyclic) bond motifs is 1. The van der Waals surface area contributed by atoms with Crippen molar-refractivity contribution in [2.24, 2.45) is 0 Å². The fourth-order valence-corrected chi connectivity index (χ4v) is 7.08. The number of aryl methyl sites for hydroxylation is 2. The summed E-state index contributed by atoms with van der Waals surface area (Å²) in [4.78, 5) is 25.4. The van der Waals surface area contributed by atoms with Crippen LogP contribution >= 0.6 is 0 Å². The first-order chi connectivity index (χ1) is 14.6. The number of hydrogen-bond acceptors (Lipinski definition) is 4. The van der Waals surface area contributed by atoms with Gasteiger partial charge >= 0.3 is 0 Å². The maximum Gasteiger partial charge on any atom is 0.242 e. The average Bonchev–Trinajstić information content (AvgIpc) is 3.36. The van der Waals surface area contributed by atoms with Crippen LogP contribution in [0.1, 0.15) is 60.9 Å². The molecule has 2 aromatic rings. The topological polar surface area (TPSA) is 92.3 Å². The lowest BCUT2D eigenvalue weighted by Crippen LogP contribution is -2.51. The Hall–Kier alpha value is -2.67. The normalized spacial score (nSPS) is 18.4. The Morgan fingerprint density at radius 2 is 1.81 bits per heavy atom. The molecule has 4 rings (SSSR count). The van der Waals surface area contributed by atoms with Crippen molar-refractivity contribution in [3.8, 4) is 0 Å². The van der Waals surface area contributed by atoms with Crippen LogP contribution in [0.4, 0.5) is 5.69 Å². The highest BCUT2D eigenvalue weighted by molar-refractivity contribution is 7.93. The SMILES string of the molecule is Cc1ccc(C)c(S(=O)(=O)C2(C(=O)NC(C)c3ccc4c(c3)CC(=O)N4)CCCC2)c1. The van der Waals surface area contributed by atoms with Crippen molar-refractivity contribution in [3.63, 3.8) is 0 Å². The second-order valence-corrected chi connectivity index (χ2v) is 11.0. The lowest BCUT2D eigenvalue weighted by molar-refractivity contribution is -0.124. The molecular formula is C24H28N2O4S. The number of carbonyl (C=O) groups excluding carboxylic acids is 2. The van der Waals surface area contributed by atoms with E-state index in [1.54, 1.807) is 19.1 Å². The number of nitrogens with one attached hydrogen (secondary N) is 2. The molecule has 0 radical (unpaired) electrons. The van der Waals surface area contributed by atoms with Gasteiger partial charge in [-0.1, -0.05) is 37.1 Å². The first kappa shape index (κ1) is 21.6. The maximum absolute atomic E-state index is 13.8. The van der Waals surface area contributed by atoms with E-state index in [2.05, 4.69) is 10.6 Å². The Kier molecular flexibility index (Phi) is 5.41. The summed E-state index contributed by atoms with van der Waals surface area (Å²) in [5.41, 5.74) is 4.04. The molecule has 1 aliphatic carbocycles. The number of sulfone groups is 1. The quantitative estimate of drug-likeness (QED) is 0.740. The number of amides is 2. The predicted molar refractivity (Wildman–Crippen MR) is 120 cm³/mol. The highest BCUT2D eigenvalue weighted by Crippen LogP contribution is 2.42. The van der Waals surface area contributed by atoms with Gasteiger partial charge in [-0.3, -0.25) is 9.59 Å². The van der Waals surface area contributed by atoms with Crippen LogP contribution in [-0.2, 0) is 25.8 Å². The molecule has 1 unspecified atom stereocenters. The molecule has 0 saturated heterocycles. The molecule has 0 aromatic heterocycles. The number of hydrogen-bond donors (Lipinski definition) is 2. The highest BCUT2D eigenvalue weighted by Gasteiger charge is 2.53. The van der Waals surface area contributed by atoms with E-state index in [1.165, 1.54) is 0 Å². The summed E-state index contributed by atoms with van der Waals surface area (Å²) in [5, 5.41) is 5.77. The summed E-state index contributed by atoms with van der Waals surface area (Å²) in [5.74, 6) is -0.485. The van der Waals surface area contributed by atoms with Crippen molar-refractivity contribution >= 4 is 27.3 Å². The van der Waals surface area contributed by atoms with Crippen molar-refractivity contribution in [2.75, 3.05) is 5.32 Å². The summed E-state index contributed by atoms with van der Waals surface area (Å²) in [6.45, 7) is 5.47. The van der Waals surface area contributed by atoms with Gasteiger partial charge in [0.2, 0.25) is 11.8 Å². The summed E-state index contributed by atoms with van der Waals surface area (Å²) >= 11 is 0. The molecule has 0 bridgehead atoms. The van der Waals surface area contributed by atoms with Gasteiger partial charge in [-0.05, 0) is 68.0 Å². The third kappa shape index (κ3) is 3.65.